The molecule has 0 aliphatic carbocycles. The van der Waals surface area contributed by atoms with Gasteiger partial charge in [-0.2, -0.15) is 0 Å². The average Bonchev–Trinajstić information content (AvgIpc) is 2.57. The van der Waals surface area contributed by atoms with Crippen molar-refractivity contribution >= 4 is 26.7 Å². The maximum Gasteiger partial charge on any atom is 0.161 e. The first-order chi connectivity index (χ1) is 11.9. The van der Waals surface area contributed by atoms with Gasteiger partial charge in [-0.15, -0.1) is 0 Å². The molecule has 1 heterocycles. The predicted octanol–water partition coefficient (Wildman–Crippen LogP) is 5.02. The highest BCUT2D eigenvalue weighted by atomic mass is 79.9. The summed E-state index contributed by atoms with van der Waals surface area (Å²) in [5.74, 6) is -2.65. The van der Waals surface area contributed by atoms with Crippen LogP contribution in [0.5, 0.6) is 5.75 Å². The molecule has 25 heavy (non-hydrogen) atoms. The van der Waals surface area contributed by atoms with E-state index in [0.29, 0.717) is 18.2 Å². The summed E-state index contributed by atoms with van der Waals surface area (Å²) < 4.78 is 47.7. The van der Waals surface area contributed by atoms with Crippen LogP contribution in [-0.4, -0.2) is 6.04 Å². The molecule has 0 aromatic heterocycles. The molecule has 4 rings (SSSR count). The van der Waals surface area contributed by atoms with Crippen molar-refractivity contribution < 1.29 is 17.9 Å². The van der Waals surface area contributed by atoms with Gasteiger partial charge < -0.3 is 10.5 Å². The van der Waals surface area contributed by atoms with Crippen LogP contribution >= 0.6 is 15.9 Å². The Balaban J connectivity index is 1.80. The molecule has 0 radical (unpaired) electrons. The summed E-state index contributed by atoms with van der Waals surface area (Å²) in [4.78, 5) is 0. The Kier molecular flexibility index (Phi) is 3.96. The Labute approximate surface area is 150 Å². The minimum atomic E-state index is -1.23. The molecule has 3 aromatic carbocycles. The van der Waals surface area contributed by atoms with E-state index in [0.717, 1.165) is 26.9 Å². The van der Waals surface area contributed by atoms with Crippen molar-refractivity contribution in [1.82, 2.24) is 0 Å². The van der Waals surface area contributed by atoms with E-state index in [1.807, 2.05) is 24.3 Å². The van der Waals surface area contributed by atoms with Gasteiger partial charge in [-0.3, -0.25) is 0 Å². The first kappa shape index (κ1) is 16.4. The zero-order valence-corrected chi connectivity index (χ0v) is 14.5. The molecule has 0 saturated heterocycles. The van der Waals surface area contributed by atoms with Gasteiger partial charge in [0.2, 0.25) is 0 Å². The topological polar surface area (TPSA) is 35.2 Å². The summed E-state index contributed by atoms with van der Waals surface area (Å²) >= 11 is 3.44. The van der Waals surface area contributed by atoms with Crippen LogP contribution in [0.1, 0.15) is 17.2 Å². The number of halogens is 4. The molecule has 0 bridgehead atoms. The third kappa shape index (κ3) is 2.79. The summed E-state index contributed by atoms with van der Waals surface area (Å²) in [5, 5.41) is 2.03. The Morgan fingerprint density at radius 3 is 2.52 bits per heavy atom. The first-order valence-electron chi connectivity index (χ1n) is 7.72. The Morgan fingerprint density at radius 2 is 1.72 bits per heavy atom. The van der Waals surface area contributed by atoms with Crippen LogP contribution in [0.3, 0.4) is 0 Å². The maximum atomic E-state index is 14.1. The number of rotatable bonds is 1. The molecule has 128 valence electrons. The van der Waals surface area contributed by atoms with Crippen LogP contribution < -0.4 is 10.5 Å². The van der Waals surface area contributed by atoms with E-state index >= 15 is 0 Å². The summed E-state index contributed by atoms with van der Waals surface area (Å²) in [7, 11) is 0. The van der Waals surface area contributed by atoms with E-state index < -0.39 is 29.6 Å². The summed E-state index contributed by atoms with van der Waals surface area (Å²) in [6.07, 6.45) is -0.437. The van der Waals surface area contributed by atoms with Crippen LogP contribution in [0, 0.1) is 17.5 Å². The SMILES string of the molecule is N[C@H]1Cc2c(ccc3cc(Br)ccc23)OC1c1cc(F)c(F)cc1F. The zero-order chi connectivity index (χ0) is 17.7. The number of ether oxygens (including phenoxy) is 1. The van der Waals surface area contributed by atoms with Crippen molar-refractivity contribution in [3.8, 4) is 5.75 Å². The monoisotopic (exact) mass is 407 g/mol. The van der Waals surface area contributed by atoms with Gasteiger partial charge in [-0.1, -0.05) is 28.1 Å². The van der Waals surface area contributed by atoms with Gasteiger partial charge in [-0.25, -0.2) is 13.2 Å². The van der Waals surface area contributed by atoms with Crippen LogP contribution in [0.25, 0.3) is 10.8 Å². The lowest BCUT2D eigenvalue weighted by atomic mass is 9.90. The van der Waals surface area contributed by atoms with Gasteiger partial charge in [0.05, 0.1) is 6.04 Å². The van der Waals surface area contributed by atoms with Crippen LogP contribution in [0.15, 0.2) is 46.9 Å². The standard InChI is InChI=1S/C19H13BrF3NO/c20-10-2-3-11-9(5-10)1-4-18-12(11)7-17(24)19(25-18)13-6-15(22)16(23)8-14(13)21/h1-6,8,17,19H,7,24H2/t17-,19?/m0/s1. The number of fused-ring (bicyclic) bond motifs is 3. The van der Waals surface area contributed by atoms with Crippen molar-refractivity contribution in [3.05, 3.63) is 75.5 Å². The van der Waals surface area contributed by atoms with E-state index in [4.69, 9.17) is 10.5 Å². The molecule has 1 aliphatic heterocycles. The maximum absolute atomic E-state index is 14.1. The normalized spacial score (nSPS) is 19.6. The Bertz CT molecular complexity index is 992. The van der Waals surface area contributed by atoms with Crippen molar-refractivity contribution in [1.29, 1.82) is 0 Å². The van der Waals surface area contributed by atoms with E-state index in [9.17, 15) is 13.2 Å². The Hall–Kier alpha value is -2.05. The highest BCUT2D eigenvalue weighted by Gasteiger charge is 2.32. The molecule has 0 saturated carbocycles. The molecule has 1 aliphatic rings. The summed E-state index contributed by atoms with van der Waals surface area (Å²) in [6.45, 7) is 0. The largest absolute Gasteiger partial charge is 0.484 e. The first-order valence-corrected chi connectivity index (χ1v) is 8.51. The minimum absolute atomic E-state index is 0.0760. The molecule has 3 aromatic rings. The molecular formula is C19H13BrF3NO. The second-order valence-electron chi connectivity index (χ2n) is 6.10. The van der Waals surface area contributed by atoms with E-state index in [1.54, 1.807) is 6.07 Å². The van der Waals surface area contributed by atoms with Gasteiger partial charge >= 0.3 is 0 Å². The molecule has 2 nitrogen and oxygen atoms in total. The van der Waals surface area contributed by atoms with Crippen LogP contribution in [-0.2, 0) is 6.42 Å². The zero-order valence-electron chi connectivity index (χ0n) is 12.9. The molecule has 0 spiro atoms. The second-order valence-corrected chi connectivity index (χ2v) is 7.02. The van der Waals surface area contributed by atoms with E-state index in [-0.39, 0.29) is 5.56 Å². The fourth-order valence-corrected chi connectivity index (χ4v) is 3.66. The minimum Gasteiger partial charge on any atom is -0.484 e. The van der Waals surface area contributed by atoms with Crippen LogP contribution in [0.2, 0.25) is 0 Å². The van der Waals surface area contributed by atoms with Crippen molar-refractivity contribution in [2.24, 2.45) is 5.73 Å². The lowest BCUT2D eigenvalue weighted by Gasteiger charge is -2.32. The van der Waals surface area contributed by atoms with Gasteiger partial charge in [0.25, 0.3) is 0 Å². The lowest BCUT2D eigenvalue weighted by Crippen LogP contribution is -2.38. The highest BCUT2D eigenvalue weighted by Crippen LogP contribution is 2.39. The van der Waals surface area contributed by atoms with Gasteiger partial charge in [-0.05, 0) is 41.5 Å². The summed E-state index contributed by atoms with van der Waals surface area (Å²) in [5.41, 5.74) is 7.04. The molecule has 2 atom stereocenters. The average molecular weight is 408 g/mol. The molecule has 6 heteroatoms. The smallest absolute Gasteiger partial charge is 0.161 e. The van der Waals surface area contributed by atoms with Crippen molar-refractivity contribution in [2.45, 2.75) is 18.6 Å². The van der Waals surface area contributed by atoms with E-state index in [1.165, 1.54) is 0 Å². The fraction of sp³-hybridized carbons (Fsp3) is 0.158. The molecular weight excluding hydrogens is 395 g/mol. The van der Waals surface area contributed by atoms with Crippen LogP contribution in [0.4, 0.5) is 13.2 Å². The predicted molar refractivity (Wildman–Crippen MR) is 93.0 cm³/mol. The fourth-order valence-electron chi connectivity index (χ4n) is 3.28. The molecule has 0 amide bonds. The lowest BCUT2D eigenvalue weighted by molar-refractivity contribution is 0.149. The quantitative estimate of drug-likeness (QED) is 0.574. The van der Waals surface area contributed by atoms with Crippen molar-refractivity contribution in [3.63, 3.8) is 0 Å². The summed E-state index contributed by atoms with van der Waals surface area (Å²) in [6, 6.07) is 10.3. The third-order valence-corrected chi connectivity index (χ3v) is 4.97. The van der Waals surface area contributed by atoms with E-state index in [2.05, 4.69) is 15.9 Å². The molecule has 1 unspecified atom stereocenters. The van der Waals surface area contributed by atoms with Gasteiger partial charge in [0, 0.05) is 21.7 Å². The number of benzene rings is 3. The molecule has 2 N–H and O–H groups in total. The van der Waals surface area contributed by atoms with Gasteiger partial charge in [0.1, 0.15) is 17.7 Å². The number of hydrogen-bond acceptors (Lipinski definition) is 2. The van der Waals surface area contributed by atoms with Gasteiger partial charge in [0.15, 0.2) is 11.6 Å². The second kappa shape index (κ2) is 6.04. The number of nitrogens with two attached hydrogens (primary N) is 1. The molecule has 0 fully saturated rings. The Morgan fingerprint density at radius 1 is 0.960 bits per heavy atom. The van der Waals surface area contributed by atoms with Crippen molar-refractivity contribution in [2.75, 3.05) is 0 Å². The number of hydrogen-bond donors (Lipinski definition) is 1. The highest BCUT2D eigenvalue weighted by molar-refractivity contribution is 9.10. The third-order valence-electron chi connectivity index (χ3n) is 4.48.